The minimum absolute atomic E-state index is 0.0465. The van der Waals surface area contributed by atoms with E-state index in [-0.39, 0.29) is 24.4 Å². The molecule has 4 nitrogen and oxygen atoms in total. The third-order valence-corrected chi connectivity index (χ3v) is 8.65. The SMILES string of the molecule is CC(C)=CCC/C(C)=C/CC/C(C)=C/CC/C=C(\C)CC[C@@H]1N(C)CC[C@H](OC2CCCCO2)[C@@]1(C)CO. The van der Waals surface area contributed by atoms with Gasteiger partial charge in [0.05, 0.1) is 12.7 Å². The number of likely N-dealkylation sites (tertiary alicyclic amines) is 1. The number of unbranched alkanes of at least 4 members (excludes halogenated alkanes) is 1. The predicted octanol–water partition coefficient (Wildman–Crippen LogP) is 8.53. The number of hydrogen-bond donors (Lipinski definition) is 1. The molecule has 0 amide bonds. The second-order valence-electron chi connectivity index (χ2n) is 12.5. The summed E-state index contributed by atoms with van der Waals surface area (Å²) in [6.45, 7) is 15.3. The molecular formula is C34H59NO3. The van der Waals surface area contributed by atoms with Crippen LogP contribution in [0.4, 0.5) is 0 Å². The van der Waals surface area contributed by atoms with Crippen LogP contribution in [-0.2, 0) is 9.47 Å². The van der Waals surface area contributed by atoms with Crippen molar-refractivity contribution in [2.75, 3.05) is 26.8 Å². The summed E-state index contributed by atoms with van der Waals surface area (Å²) in [5, 5.41) is 10.5. The zero-order valence-corrected chi connectivity index (χ0v) is 25.9. The van der Waals surface area contributed by atoms with Crippen molar-refractivity contribution < 1.29 is 14.6 Å². The molecule has 0 aromatic carbocycles. The van der Waals surface area contributed by atoms with Crippen LogP contribution in [0.3, 0.4) is 0 Å². The third-order valence-electron chi connectivity index (χ3n) is 8.65. The lowest BCUT2D eigenvalue weighted by atomic mass is 9.71. The molecule has 0 spiro atoms. The minimum Gasteiger partial charge on any atom is -0.396 e. The summed E-state index contributed by atoms with van der Waals surface area (Å²) < 4.78 is 12.3. The number of rotatable bonds is 15. The van der Waals surface area contributed by atoms with Gasteiger partial charge in [-0.05, 0) is 119 Å². The Bertz CT molecular complexity index is 801. The minimum atomic E-state index is -0.271. The van der Waals surface area contributed by atoms with Gasteiger partial charge >= 0.3 is 0 Å². The maximum atomic E-state index is 10.5. The van der Waals surface area contributed by atoms with E-state index in [1.54, 1.807) is 0 Å². The predicted molar refractivity (Wildman–Crippen MR) is 162 cm³/mol. The van der Waals surface area contributed by atoms with Gasteiger partial charge in [-0.2, -0.15) is 0 Å². The van der Waals surface area contributed by atoms with Crippen LogP contribution in [0.15, 0.2) is 46.6 Å². The molecule has 0 bridgehead atoms. The Morgan fingerprint density at radius 3 is 2.05 bits per heavy atom. The van der Waals surface area contributed by atoms with Crippen molar-refractivity contribution in [1.29, 1.82) is 0 Å². The number of hydrogen-bond acceptors (Lipinski definition) is 4. The van der Waals surface area contributed by atoms with E-state index < -0.39 is 0 Å². The maximum Gasteiger partial charge on any atom is 0.157 e. The van der Waals surface area contributed by atoms with Gasteiger partial charge in [-0.3, -0.25) is 0 Å². The Labute approximate surface area is 235 Å². The van der Waals surface area contributed by atoms with Gasteiger partial charge in [0.2, 0.25) is 0 Å². The molecule has 2 aliphatic rings. The molecule has 2 aliphatic heterocycles. The fourth-order valence-corrected chi connectivity index (χ4v) is 5.97. The number of piperidine rings is 1. The molecule has 0 aliphatic carbocycles. The quantitative estimate of drug-likeness (QED) is 0.170. The molecule has 0 aromatic rings. The Kier molecular flexibility index (Phi) is 15.2. The van der Waals surface area contributed by atoms with Crippen LogP contribution >= 0.6 is 0 Å². The lowest BCUT2D eigenvalue weighted by Crippen LogP contribution is -2.59. The third kappa shape index (κ3) is 11.5. The molecule has 1 N–H and O–H groups in total. The van der Waals surface area contributed by atoms with Crippen molar-refractivity contribution in [3.8, 4) is 0 Å². The Morgan fingerprint density at radius 1 is 0.868 bits per heavy atom. The van der Waals surface area contributed by atoms with E-state index in [2.05, 4.69) is 77.8 Å². The molecule has 2 rings (SSSR count). The van der Waals surface area contributed by atoms with Gasteiger partial charge in [0.25, 0.3) is 0 Å². The first-order valence-electron chi connectivity index (χ1n) is 15.3. The second-order valence-corrected chi connectivity index (χ2v) is 12.5. The molecule has 0 saturated carbocycles. The van der Waals surface area contributed by atoms with Gasteiger partial charge in [0.15, 0.2) is 6.29 Å². The molecule has 38 heavy (non-hydrogen) atoms. The zero-order chi connectivity index (χ0) is 28.0. The number of aliphatic hydroxyl groups excluding tert-OH is 1. The van der Waals surface area contributed by atoms with Crippen LogP contribution in [0.2, 0.25) is 0 Å². The smallest absolute Gasteiger partial charge is 0.157 e. The van der Waals surface area contributed by atoms with Crippen molar-refractivity contribution in [2.45, 2.75) is 137 Å². The van der Waals surface area contributed by atoms with Crippen molar-refractivity contribution >= 4 is 0 Å². The fraction of sp³-hybridized carbons (Fsp3) is 0.765. The maximum absolute atomic E-state index is 10.5. The van der Waals surface area contributed by atoms with Crippen LogP contribution in [0.1, 0.15) is 119 Å². The molecule has 0 radical (unpaired) electrons. The fourth-order valence-electron chi connectivity index (χ4n) is 5.97. The number of aliphatic hydroxyl groups is 1. The van der Waals surface area contributed by atoms with Gasteiger partial charge in [-0.1, -0.05) is 53.5 Å². The number of ether oxygens (including phenoxy) is 2. The van der Waals surface area contributed by atoms with E-state index in [4.69, 9.17) is 9.47 Å². The summed E-state index contributed by atoms with van der Waals surface area (Å²) >= 11 is 0. The molecule has 218 valence electrons. The molecule has 1 unspecified atom stereocenters. The highest BCUT2D eigenvalue weighted by atomic mass is 16.7. The summed E-state index contributed by atoms with van der Waals surface area (Å²) in [7, 11) is 2.21. The molecule has 2 saturated heterocycles. The van der Waals surface area contributed by atoms with E-state index in [1.165, 1.54) is 35.1 Å². The molecular weight excluding hydrogens is 470 g/mol. The second kappa shape index (κ2) is 17.5. The summed E-state index contributed by atoms with van der Waals surface area (Å²) in [6, 6.07) is 0.305. The van der Waals surface area contributed by atoms with E-state index in [0.29, 0.717) is 6.04 Å². The van der Waals surface area contributed by atoms with Crippen LogP contribution < -0.4 is 0 Å². The van der Waals surface area contributed by atoms with Gasteiger partial charge < -0.3 is 19.5 Å². The Hall–Kier alpha value is -1.20. The average molecular weight is 530 g/mol. The van der Waals surface area contributed by atoms with Gasteiger partial charge in [-0.25, -0.2) is 0 Å². The van der Waals surface area contributed by atoms with Crippen molar-refractivity contribution in [3.05, 3.63) is 46.6 Å². The van der Waals surface area contributed by atoms with Crippen LogP contribution in [-0.4, -0.2) is 55.2 Å². The van der Waals surface area contributed by atoms with Crippen LogP contribution in [0.25, 0.3) is 0 Å². The summed E-state index contributed by atoms with van der Waals surface area (Å²) in [6.07, 6.45) is 22.7. The summed E-state index contributed by atoms with van der Waals surface area (Å²) in [4.78, 5) is 2.44. The molecule has 4 atom stereocenters. The average Bonchev–Trinajstić information content (AvgIpc) is 2.88. The lowest BCUT2D eigenvalue weighted by Gasteiger charge is -2.51. The van der Waals surface area contributed by atoms with Crippen LogP contribution in [0, 0.1) is 5.41 Å². The van der Waals surface area contributed by atoms with E-state index in [1.807, 2.05) is 0 Å². The van der Waals surface area contributed by atoms with Crippen molar-refractivity contribution in [3.63, 3.8) is 0 Å². The highest BCUT2D eigenvalue weighted by Crippen LogP contribution is 2.40. The summed E-state index contributed by atoms with van der Waals surface area (Å²) in [5.74, 6) is 0. The summed E-state index contributed by atoms with van der Waals surface area (Å²) in [5.41, 5.74) is 5.61. The zero-order valence-electron chi connectivity index (χ0n) is 25.9. The Balaban J connectivity index is 1.77. The van der Waals surface area contributed by atoms with Crippen molar-refractivity contribution in [1.82, 2.24) is 4.90 Å². The largest absolute Gasteiger partial charge is 0.396 e. The van der Waals surface area contributed by atoms with Crippen LogP contribution in [0.5, 0.6) is 0 Å². The number of allylic oxidation sites excluding steroid dienone is 8. The number of nitrogens with zero attached hydrogens (tertiary/aromatic N) is 1. The van der Waals surface area contributed by atoms with Crippen molar-refractivity contribution in [2.24, 2.45) is 5.41 Å². The lowest BCUT2D eigenvalue weighted by molar-refractivity contribution is -0.235. The molecule has 4 heteroatoms. The first-order valence-corrected chi connectivity index (χ1v) is 15.3. The highest BCUT2D eigenvalue weighted by molar-refractivity contribution is 5.07. The first kappa shape index (κ1) is 33.0. The van der Waals surface area contributed by atoms with E-state index >= 15 is 0 Å². The van der Waals surface area contributed by atoms with E-state index in [9.17, 15) is 5.11 Å². The molecule has 2 fully saturated rings. The van der Waals surface area contributed by atoms with Gasteiger partial charge in [0.1, 0.15) is 0 Å². The highest BCUT2D eigenvalue weighted by Gasteiger charge is 2.47. The first-order chi connectivity index (χ1) is 18.2. The standard InChI is InChI=1S/C34H59NO3/c1-27(2)14-12-17-29(4)19-13-18-28(3)15-8-9-16-30(5)21-22-31-34(6,26-36)32(23-24-35(31)7)38-33-20-10-11-25-37-33/h14-16,19,31-33,36H,8-13,17-18,20-26H2,1-7H3/b28-15+,29-19+,30-16+/t31-,32-,33?,34-/m0/s1. The monoisotopic (exact) mass is 529 g/mol. The Morgan fingerprint density at radius 2 is 1.47 bits per heavy atom. The van der Waals surface area contributed by atoms with Gasteiger partial charge in [-0.15, -0.1) is 0 Å². The molecule has 0 aromatic heterocycles. The topological polar surface area (TPSA) is 41.9 Å². The molecule has 2 heterocycles. The van der Waals surface area contributed by atoms with Gasteiger partial charge in [0, 0.05) is 24.6 Å². The normalized spacial score (nSPS) is 28.0. The van der Waals surface area contributed by atoms with E-state index in [0.717, 1.165) is 77.4 Å².